The second-order valence-corrected chi connectivity index (χ2v) is 11.3. The van der Waals surface area contributed by atoms with Gasteiger partial charge in [-0.1, -0.05) is 0 Å². The molecule has 0 unspecified atom stereocenters. The van der Waals surface area contributed by atoms with Gasteiger partial charge in [-0.2, -0.15) is 0 Å². The molecule has 2 aliphatic heterocycles. The molecule has 0 spiro atoms. The van der Waals surface area contributed by atoms with E-state index in [9.17, 15) is 13.4 Å². The van der Waals surface area contributed by atoms with Crippen LogP contribution in [0.15, 0.2) is 33.9 Å². The molecular formula is C20H24FN7O3S. The standard InChI is InChI=1S/C20H24FN7O3S/c1-19(2)18(22)28-20(3,13-7-8-25-32(13,19)30)16-11(21)5-6-14(26-16)27-17(29)12-9-24-15(31-4)10-23-12/h5-6,9-10,13H,7-8H2,1-4H3,(H2,22,28)(H,26,27,29)/t13-,20-,32+/m0/s1. The zero-order valence-corrected chi connectivity index (χ0v) is 18.9. The first-order valence-electron chi connectivity index (χ1n) is 9.94. The highest BCUT2D eigenvalue weighted by molar-refractivity contribution is 7.96. The second-order valence-electron chi connectivity index (χ2n) is 8.28. The van der Waals surface area contributed by atoms with Gasteiger partial charge in [-0.05, 0) is 39.3 Å². The normalized spacial score (nSPS) is 28.3. The Kier molecular flexibility index (Phi) is 5.15. The number of nitrogens with two attached hydrogens (primary N) is 1. The molecule has 10 nitrogen and oxygen atoms in total. The number of carbonyl (C=O) groups excluding carboxylic acids is 1. The van der Waals surface area contributed by atoms with E-state index in [1.165, 1.54) is 31.6 Å². The molecule has 2 aliphatic rings. The van der Waals surface area contributed by atoms with E-state index in [1.54, 1.807) is 20.8 Å². The smallest absolute Gasteiger partial charge is 0.277 e. The highest BCUT2D eigenvalue weighted by Crippen LogP contribution is 2.47. The van der Waals surface area contributed by atoms with Crippen LogP contribution < -0.4 is 15.8 Å². The first kappa shape index (κ1) is 22.1. The monoisotopic (exact) mass is 461 g/mol. The minimum Gasteiger partial charge on any atom is -0.480 e. The molecular weight excluding hydrogens is 437 g/mol. The van der Waals surface area contributed by atoms with Gasteiger partial charge in [0.2, 0.25) is 5.88 Å². The predicted octanol–water partition coefficient (Wildman–Crippen LogP) is 1.88. The third kappa shape index (κ3) is 3.20. The Morgan fingerprint density at radius 2 is 2.03 bits per heavy atom. The molecule has 170 valence electrons. The fourth-order valence-corrected chi connectivity index (χ4v) is 7.21. The van der Waals surface area contributed by atoms with Gasteiger partial charge >= 0.3 is 0 Å². The minimum atomic E-state index is -2.84. The molecule has 0 aliphatic carbocycles. The van der Waals surface area contributed by atoms with E-state index in [1.807, 2.05) is 0 Å². The Morgan fingerprint density at radius 1 is 1.28 bits per heavy atom. The number of methoxy groups -OCH3 is 1. The lowest BCUT2D eigenvalue weighted by molar-refractivity contribution is 0.102. The number of rotatable bonds is 4. The molecule has 2 aromatic heterocycles. The number of ether oxygens (including phenoxy) is 1. The van der Waals surface area contributed by atoms with Gasteiger partial charge < -0.3 is 15.8 Å². The summed E-state index contributed by atoms with van der Waals surface area (Å²) in [5.41, 5.74) is 4.88. The Hall–Kier alpha value is -3.15. The average Bonchev–Trinajstić information content (AvgIpc) is 3.18. The Labute approximate surface area is 185 Å². The van der Waals surface area contributed by atoms with Crippen LogP contribution in [0, 0.1) is 5.82 Å². The average molecular weight is 462 g/mol. The lowest BCUT2D eigenvalue weighted by Gasteiger charge is -2.44. The van der Waals surface area contributed by atoms with Crippen LogP contribution in [-0.2, 0) is 15.3 Å². The van der Waals surface area contributed by atoms with Crippen molar-refractivity contribution in [2.45, 2.75) is 42.7 Å². The predicted molar refractivity (Wildman–Crippen MR) is 118 cm³/mol. The first-order chi connectivity index (χ1) is 15.0. The van der Waals surface area contributed by atoms with Crippen LogP contribution in [0.3, 0.4) is 0 Å². The number of hydrogen-bond donors (Lipinski definition) is 2. The maximum absolute atomic E-state index is 15.0. The molecule has 3 atom stereocenters. The highest BCUT2D eigenvalue weighted by Gasteiger charge is 2.57. The van der Waals surface area contributed by atoms with Crippen molar-refractivity contribution in [2.75, 3.05) is 19.0 Å². The van der Waals surface area contributed by atoms with E-state index in [4.69, 9.17) is 10.5 Å². The van der Waals surface area contributed by atoms with Crippen LogP contribution in [0.4, 0.5) is 10.2 Å². The van der Waals surface area contributed by atoms with Crippen LogP contribution in [-0.4, -0.2) is 54.6 Å². The van der Waals surface area contributed by atoms with Crippen molar-refractivity contribution in [1.29, 1.82) is 0 Å². The summed E-state index contributed by atoms with van der Waals surface area (Å²) in [6.07, 6.45) is 3.03. The maximum Gasteiger partial charge on any atom is 0.277 e. The van der Waals surface area contributed by atoms with E-state index in [0.29, 0.717) is 13.0 Å². The summed E-state index contributed by atoms with van der Waals surface area (Å²) < 4.78 is 37.2. The quantitative estimate of drug-likeness (QED) is 0.707. The van der Waals surface area contributed by atoms with Crippen LogP contribution in [0.2, 0.25) is 0 Å². The molecule has 2 aromatic rings. The second kappa shape index (κ2) is 7.47. The third-order valence-electron chi connectivity index (χ3n) is 6.02. The fourth-order valence-electron chi connectivity index (χ4n) is 4.06. The molecule has 0 saturated carbocycles. The molecule has 1 amide bonds. The van der Waals surface area contributed by atoms with E-state index in [0.717, 1.165) is 0 Å². The van der Waals surface area contributed by atoms with Crippen LogP contribution in [0.5, 0.6) is 5.88 Å². The van der Waals surface area contributed by atoms with Crippen molar-refractivity contribution in [3.8, 4) is 5.88 Å². The molecule has 3 N–H and O–H groups in total. The Balaban J connectivity index is 1.73. The van der Waals surface area contributed by atoms with Crippen LogP contribution >= 0.6 is 0 Å². The number of amides is 1. The summed E-state index contributed by atoms with van der Waals surface area (Å²) in [5, 5.41) is 2.01. The van der Waals surface area contributed by atoms with Gasteiger partial charge in [0.05, 0.1) is 34.5 Å². The van der Waals surface area contributed by atoms with E-state index in [2.05, 4.69) is 29.6 Å². The topological polar surface area (TPSA) is 145 Å². The number of amidine groups is 1. The number of aromatic nitrogens is 3. The molecule has 32 heavy (non-hydrogen) atoms. The van der Waals surface area contributed by atoms with Gasteiger partial charge in [0.15, 0.2) is 0 Å². The van der Waals surface area contributed by atoms with E-state index < -0.39 is 37.0 Å². The van der Waals surface area contributed by atoms with Gasteiger partial charge in [-0.15, -0.1) is 0 Å². The van der Waals surface area contributed by atoms with Gasteiger partial charge in [-0.3, -0.25) is 9.79 Å². The van der Waals surface area contributed by atoms with Crippen molar-refractivity contribution in [1.82, 2.24) is 15.0 Å². The number of pyridine rings is 1. The molecule has 12 heteroatoms. The zero-order valence-electron chi connectivity index (χ0n) is 18.1. The maximum atomic E-state index is 15.0. The summed E-state index contributed by atoms with van der Waals surface area (Å²) in [4.78, 5) is 29.4. The molecule has 4 rings (SSSR count). The summed E-state index contributed by atoms with van der Waals surface area (Å²) in [6, 6.07) is 2.51. The summed E-state index contributed by atoms with van der Waals surface area (Å²) >= 11 is 0. The van der Waals surface area contributed by atoms with Crippen molar-refractivity contribution in [2.24, 2.45) is 15.1 Å². The largest absolute Gasteiger partial charge is 0.480 e. The SMILES string of the molecule is COc1cnc(C(=O)Nc2ccc(F)c([C@@]3(C)N=C(N)C(C)(C)[S@@]4(=O)=NCC[C@@H]34)n2)cn1. The van der Waals surface area contributed by atoms with Gasteiger partial charge in [-0.25, -0.2) is 27.9 Å². The molecule has 4 heterocycles. The number of nitrogens with one attached hydrogen (secondary N) is 1. The van der Waals surface area contributed by atoms with Gasteiger partial charge in [0.25, 0.3) is 5.91 Å². The fraction of sp³-hybridized carbons (Fsp3) is 0.450. The highest BCUT2D eigenvalue weighted by atomic mass is 32.2. The summed E-state index contributed by atoms with van der Waals surface area (Å²) in [6.45, 7) is 5.52. The van der Waals surface area contributed by atoms with Crippen molar-refractivity contribution >= 4 is 27.3 Å². The zero-order chi connectivity index (χ0) is 23.3. The van der Waals surface area contributed by atoms with Crippen molar-refractivity contribution < 1.29 is 18.1 Å². The van der Waals surface area contributed by atoms with E-state index in [-0.39, 0.29) is 28.9 Å². The Bertz CT molecular complexity index is 1240. The van der Waals surface area contributed by atoms with Crippen molar-refractivity contribution in [3.63, 3.8) is 0 Å². The summed E-state index contributed by atoms with van der Waals surface area (Å²) in [5.74, 6) is -0.735. The van der Waals surface area contributed by atoms with Gasteiger partial charge in [0.1, 0.15) is 39.1 Å². The number of aliphatic imine (C=N–C) groups is 1. The number of carbonyl (C=O) groups is 1. The first-order valence-corrected chi connectivity index (χ1v) is 11.5. The van der Waals surface area contributed by atoms with Crippen molar-refractivity contribution in [3.05, 3.63) is 41.7 Å². The van der Waals surface area contributed by atoms with Crippen LogP contribution in [0.1, 0.15) is 43.4 Å². The number of hydrogen-bond acceptors (Lipinski definition) is 9. The summed E-state index contributed by atoms with van der Waals surface area (Å²) in [7, 11) is -1.40. The lowest BCUT2D eigenvalue weighted by atomic mass is 9.89. The molecule has 0 radical (unpaired) electrons. The minimum absolute atomic E-state index is 0.0315. The number of anilines is 1. The number of fused-ring (bicyclic) bond motifs is 1. The third-order valence-corrected chi connectivity index (χ3v) is 9.73. The lowest BCUT2D eigenvalue weighted by Crippen LogP contribution is -2.58. The molecule has 0 fully saturated rings. The number of halogens is 1. The Morgan fingerprint density at radius 3 is 2.69 bits per heavy atom. The van der Waals surface area contributed by atoms with E-state index >= 15 is 0 Å². The van der Waals surface area contributed by atoms with Crippen LogP contribution in [0.25, 0.3) is 0 Å². The number of nitrogens with zero attached hydrogens (tertiary/aromatic N) is 5. The molecule has 0 saturated heterocycles. The van der Waals surface area contributed by atoms with Gasteiger partial charge in [0, 0.05) is 6.54 Å². The molecule has 0 aromatic carbocycles. The molecule has 0 bridgehead atoms.